The first-order valence-electron chi connectivity index (χ1n) is 7.06. The van der Waals surface area contributed by atoms with Crippen molar-refractivity contribution in [2.24, 2.45) is 5.92 Å². The minimum atomic E-state index is -0.0417. The van der Waals surface area contributed by atoms with Crippen LogP contribution in [0.1, 0.15) is 26.7 Å². The number of benzene rings is 1. The topological polar surface area (TPSA) is 58.4 Å². The van der Waals surface area contributed by atoms with Crippen LogP contribution < -0.4 is 11.1 Å². The van der Waals surface area contributed by atoms with Crippen LogP contribution in [0.25, 0.3) is 0 Å². The predicted molar refractivity (Wildman–Crippen MR) is 83.9 cm³/mol. The number of carbonyl (C=O) groups is 1. The van der Waals surface area contributed by atoms with Gasteiger partial charge in [0.25, 0.3) is 0 Å². The molecule has 1 heterocycles. The molecule has 0 aliphatic carbocycles. The molecule has 1 aromatic rings. The van der Waals surface area contributed by atoms with Crippen LogP contribution in [-0.4, -0.2) is 29.9 Å². The lowest BCUT2D eigenvalue weighted by molar-refractivity contribution is -0.118. The summed E-state index contributed by atoms with van der Waals surface area (Å²) < 4.78 is 0. The van der Waals surface area contributed by atoms with Crippen LogP contribution in [0.2, 0.25) is 5.02 Å². The molecule has 0 radical (unpaired) electrons. The second-order valence-corrected chi connectivity index (χ2v) is 6.05. The van der Waals surface area contributed by atoms with Crippen LogP contribution in [-0.2, 0) is 4.79 Å². The van der Waals surface area contributed by atoms with E-state index in [1.807, 2.05) is 0 Å². The molecule has 1 aromatic carbocycles. The summed E-state index contributed by atoms with van der Waals surface area (Å²) in [6.07, 6.45) is 2.39. The van der Waals surface area contributed by atoms with Crippen molar-refractivity contribution < 1.29 is 4.79 Å². The van der Waals surface area contributed by atoms with E-state index in [2.05, 4.69) is 24.1 Å². The zero-order valence-corrected chi connectivity index (χ0v) is 12.8. The van der Waals surface area contributed by atoms with Crippen molar-refractivity contribution in [3.63, 3.8) is 0 Å². The fourth-order valence-electron chi connectivity index (χ4n) is 2.66. The number of halogens is 1. The third-order valence-corrected chi connectivity index (χ3v) is 4.38. The Hall–Kier alpha value is -1.26. The van der Waals surface area contributed by atoms with E-state index in [0.29, 0.717) is 34.9 Å². The average molecular weight is 296 g/mol. The molecule has 1 fully saturated rings. The number of nitrogens with one attached hydrogen (secondary N) is 1. The third kappa shape index (κ3) is 3.64. The summed E-state index contributed by atoms with van der Waals surface area (Å²) in [5, 5.41) is 3.41. The summed E-state index contributed by atoms with van der Waals surface area (Å²) >= 11 is 5.92. The maximum absolute atomic E-state index is 12.1. The van der Waals surface area contributed by atoms with Gasteiger partial charge in [-0.05, 0) is 50.4 Å². The van der Waals surface area contributed by atoms with Crippen molar-refractivity contribution in [3.8, 4) is 0 Å². The van der Waals surface area contributed by atoms with E-state index < -0.39 is 0 Å². The van der Waals surface area contributed by atoms with Crippen molar-refractivity contribution in [1.82, 2.24) is 4.90 Å². The molecule has 0 saturated carbocycles. The monoisotopic (exact) mass is 295 g/mol. The minimum Gasteiger partial charge on any atom is -0.397 e. The van der Waals surface area contributed by atoms with Gasteiger partial charge in [0.1, 0.15) is 0 Å². The molecule has 1 amide bonds. The summed E-state index contributed by atoms with van der Waals surface area (Å²) in [5.74, 6) is 0.590. The molecular formula is C15H22ClN3O. The van der Waals surface area contributed by atoms with E-state index >= 15 is 0 Å². The number of likely N-dealkylation sites (tertiary alicyclic amines) is 1. The summed E-state index contributed by atoms with van der Waals surface area (Å²) in [5.41, 5.74) is 6.95. The molecule has 1 saturated heterocycles. The standard InChI is InChI=1S/C15H22ClN3O/c1-10-4-3-7-19(11(10)2)9-15(20)18-14-8-12(16)5-6-13(14)17/h5-6,8,10-11H,3-4,7,9,17H2,1-2H3,(H,18,20). The van der Waals surface area contributed by atoms with Gasteiger partial charge < -0.3 is 11.1 Å². The van der Waals surface area contributed by atoms with Gasteiger partial charge in [-0.1, -0.05) is 18.5 Å². The maximum Gasteiger partial charge on any atom is 0.238 e. The van der Waals surface area contributed by atoms with Crippen LogP contribution >= 0.6 is 11.6 Å². The first-order valence-corrected chi connectivity index (χ1v) is 7.44. The Bertz CT molecular complexity index is 492. The molecule has 20 heavy (non-hydrogen) atoms. The third-order valence-electron chi connectivity index (χ3n) is 4.14. The molecule has 3 N–H and O–H groups in total. The maximum atomic E-state index is 12.1. The first kappa shape index (κ1) is 15.1. The van der Waals surface area contributed by atoms with E-state index in [-0.39, 0.29) is 5.91 Å². The molecule has 0 bridgehead atoms. The number of hydrogen-bond acceptors (Lipinski definition) is 3. The minimum absolute atomic E-state index is 0.0417. The lowest BCUT2D eigenvalue weighted by atomic mass is 9.92. The summed E-state index contributed by atoms with van der Waals surface area (Å²) in [4.78, 5) is 14.4. The average Bonchev–Trinajstić information content (AvgIpc) is 2.39. The highest BCUT2D eigenvalue weighted by atomic mass is 35.5. The quantitative estimate of drug-likeness (QED) is 0.843. The van der Waals surface area contributed by atoms with Gasteiger partial charge in [0.2, 0.25) is 5.91 Å². The number of nitrogens with zero attached hydrogens (tertiary/aromatic N) is 1. The second kappa shape index (κ2) is 6.46. The van der Waals surface area contributed by atoms with Gasteiger partial charge in [-0.25, -0.2) is 0 Å². The van der Waals surface area contributed by atoms with Crippen LogP contribution in [0.4, 0.5) is 11.4 Å². The van der Waals surface area contributed by atoms with Crippen molar-refractivity contribution in [2.75, 3.05) is 24.1 Å². The van der Waals surface area contributed by atoms with E-state index in [1.165, 1.54) is 6.42 Å². The highest BCUT2D eigenvalue weighted by Gasteiger charge is 2.26. The van der Waals surface area contributed by atoms with E-state index in [9.17, 15) is 4.79 Å². The number of rotatable bonds is 3. The predicted octanol–water partition coefficient (Wildman–Crippen LogP) is 2.98. The smallest absolute Gasteiger partial charge is 0.238 e. The zero-order chi connectivity index (χ0) is 14.7. The molecular weight excluding hydrogens is 274 g/mol. The number of piperidine rings is 1. The molecule has 1 aliphatic heterocycles. The van der Waals surface area contributed by atoms with Crippen molar-refractivity contribution in [2.45, 2.75) is 32.7 Å². The largest absolute Gasteiger partial charge is 0.397 e. The Balaban J connectivity index is 1.97. The lowest BCUT2D eigenvalue weighted by Gasteiger charge is -2.37. The van der Waals surface area contributed by atoms with Gasteiger partial charge in [-0.15, -0.1) is 0 Å². The van der Waals surface area contributed by atoms with Gasteiger partial charge >= 0.3 is 0 Å². The molecule has 0 aromatic heterocycles. The lowest BCUT2D eigenvalue weighted by Crippen LogP contribution is -2.46. The molecule has 5 heteroatoms. The van der Waals surface area contributed by atoms with Crippen molar-refractivity contribution in [1.29, 1.82) is 0 Å². The molecule has 110 valence electrons. The Kier molecular flexibility index (Phi) is 4.89. The SMILES string of the molecule is CC1CCCN(CC(=O)Nc2cc(Cl)ccc2N)C1C. The number of nitrogen functional groups attached to an aromatic ring is 1. The van der Waals surface area contributed by atoms with Gasteiger partial charge in [0.05, 0.1) is 17.9 Å². The fraction of sp³-hybridized carbons (Fsp3) is 0.533. The number of hydrogen-bond donors (Lipinski definition) is 2. The van der Waals surface area contributed by atoms with Gasteiger partial charge in [-0.3, -0.25) is 9.69 Å². The number of amides is 1. The normalized spacial score (nSPS) is 23.6. The van der Waals surface area contributed by atoms with Crippen molar-refractivity contribution >= 4 is 28.9 Å². The zero-order valence-electron chi connectivity index (χ0n) is 12.0. The van der Waals surface area contributed by atoms with E-state index in [1.54, 1.807) is 18.2 Å². The van der Waals surface area contributed by atoms with Gasteiger partial charge in [0, 0.05) is 11.1 Å². The Labute approximate surface area is 125 Å². The number of anilines is 2. The highest BCUT2D eigenvalue weighted by Crippen LogP contribution is 2.24. The number of carbonyl (C=O) groups excluding carboxylic acids is 1. The van der Waals surface area contributed by atoms with Crippen LogP contribution in [0.5, 0.6) is 0 Å². The molecule has 2 atom stereocenters. The molecule has 4 nitrogen and oxygen atoms in total. The van der Waals surface area contributed by atoms with Gasteiger partial charge in [0.15, 0.2) is 0 Å². The first-order chi connectivity index (χ1) is 9.47. The second-order valence-electron chi connectivity index (χ2n) is 5.61. The summed E-state index contributed by atoms with van der Waals surface area (Å²) in [6, 6.07) is 5.52. The summed E-state index contributed by atoms with van der Waals surface area (Å²) in [6.45, 7) is 5.80. The highest BCUT2D eigenvalue weighted by molar-refractivity contribution is 6.31. The molecule has 1 aliphatic rings. The Morgan fingerprint density at radius 3 is 3.00 bits per heavy atom. The van der Waals surface area contributed by atoms with E-state index in [0.717, 1.165) is 13.0 Å². The Morgan fingerprint density at radius 1 is 1.50 bits per heavy atom. The van der Waals surface area contributed by atoms with Crippen LogP contribution in [0.3, 0.4) is 0 Å². The van der Waals surface area contributed by atoms with Crippen molar-refractivity contribution in [3.05, 3.63) is 23.2 Å². The molecule has 0 spiro atoms. The Morgan fingerprint density at radius 2 is 2.25 bits per heavy atom. The van der Waals surface area contributed by atoms with Gasteiger partial charge in [-0.2, -0.15) is 0 Å². The fourth-order valence-corrected chi connectivity index (χ4v) is 2.83. The summed E-state index contributed by atoms with van der Waals surface area (Å²) in [7, 11) is 0. The molecule has 2 rings (SSSR count). The number of nitrogens with two attached hydrogens (primary N) is 1. The van der Waals surface area contributed by atoms with Crippen LogP contribution in [0, 0.1) is 5.92 Å². The van der Waals surface area contributed by atoms with E-state index in [4.69, 9.17) is 17.3 Å². The van der Waals surface area contributed by atoms with Crippen LogP contribution in [0.15, 0.2) is 18.2 Å². The molecule has 2 unspecified atom stereocenters.